The molecular formula is C29H25F9O2. The number of halogens is 9. The fourth-order valence-corrected chi connectivity index (χ4v) is 4.86. The van der Waals surface area contributed by atoms with Gasteiger partial charge in [-0.2, -0.15) is 8.78 Å². The molecule has 2 nitrogen and oxygen atoms in total. The Morgan fingerprint density at radius 3 is 1.95 bits per heavy atom. The van der Waals surface area contributed by atoms with Gasteiger partial charge in [-0.15, -0.1) is 13.2 Å². The van der Waals surface area contributed by atoms with Gasteiger partial charge in [0.2, 0.25) is 0 Å². The molecule has 0 spiro atoms. The molecule has 1 aliphatic rings. The van der Waals surface area contributed by atoms with E-state index in [1.807, 2.05) is 0 Å². The van der Waals surface area contributed by atoms with Crippen molar-refractivity contribution in [3.05, 3.63) is 82.9 Å². The summed E-state index contributed by atoms with van der Waals surface area (Å²) in [4.78, 5) is 0. The molecule has 0 aromatic heterocycles. The van der Waals surface area contributed by atoms with Gasteiger partial charge in [-0.05, 0) is 72.6 Å². The summed E-state index contributed by atoms with van der Waals surface area (Å²) < 4.78 is 131. The Hall–Kier alpha value is -3.37. The van der Waals surface area contributed by atoms with Crippen LogP contribution in [0.15, 0.2) is 48.5 Å². The van der Waals surface area contributed by atoms with Crippen molar-refractivity contribution >= 4 is 0 Å². The van der Waals surface area contributed by atoms with Crippen molar-refractivity contribution in [1.29, 1.82) is 0 Å². The monoisotopic (exact) mass is 576 g/mol. The van der Waals surface area contributed by atoms with Crippen LogP contribution in [0.1, 0.15) is 56.1 Å². The van der Waals surface area contributed by atoms with E-state index in [1.165, 1.54) is 12.1 Å². The summed E-state index contributed by atoms with van der Waals surface area (Å²) in [6, 6.07) is 7.59. The molecule has 11 heteroatoms. The van der Waals surface area contributed by atoms with Crippen LogP contribution in [0.5, 0.6) is 11.5 Å². The van der Waals surface area contributed by atoms with Crippen molar-refractivity contribution in [2.75, 3.05) is 0 Å². The smallest absolute Gasteiger partial charge is 0.432 e. The molecule has 1 fully saturated rings. The lowest BCUT2D eigenvalue weighted by Crippen LogP contribution is -2.26. The number of alkyl halides is 5. The lowest BCUT2D eigenvalue weighted by molar-refractivity contribution is -0.275. The van der Waals surface area contributed by atoms with E-state index in [1.54, 1.807) is 6.07 Å². The van der Waals surface area contributed by atoms with Gasteiger partial charge >= 0.3 is 12.5 Å². The summed E-state index contributed by atoms with van der Waals surface area (Å²) in [5.74, 6) is -5.84. The molecular weight excluding hydrogens is 551 g/mol. The van der Waals surface area contributed by atoms with Crippen LogP contribution in [0.2, 0.25) is 0 Å². The van der Waals surface area contributed by atoms with E-state index in [0.717, 1.165) is 43.4 Å². The zero-order valence-electron chi connectivity index (χ0n) is 21.2. The molecule has 216 valence electrons. The third-order valence-electron chi connectivity index (χ3n) is 6.99. The van der Waals surface area contributed by atoms with Gasteiger partial charge in [-0.3, -0.25) is 0 Å². The SMILES string of the molecule is CC1CCC(c2ccc(-c3cc(F)c(CCC(F)(F)Oc4ccc(OC(F)(F)F)c(F)c4)c(F)c3)c(F)c2)CC1. The van der Waals surface area contributed by atoms with Crippen molar-refractivity contribution in [2.24, 2.45) is 5.92 Å². The molecule has 0 aliphatic heterocycles. The van der Waals surface area contributed by atoms with Gasteiger partial charge in [0.1, 0.15) is 23.2 Å². The van der Waals surface area contributed by atoms with Crippen molar-refractivity contribution in [3.8, 4) is 22.6 Å². The van der Waals surface area contributed by atoms with Crippen LogP contribution in [-0.2, 0) is 6.42 Å². The van der Waals surface area contributed by atoms with Crippen LogP contribution in [0.4, 0.5) is 39.5 Å². The maximum atomic E-state index is 14.9. The molecule has 1 aliphatic carbocycles. The first kappa shape index (κ1) is 29.6. The summed E-state index contributed by atoms with van der Waals surface area (Å²) in [6.07, 6.45) is -7.41. The summed E-state index contributed by atoms with van der Waals surface area (Å²) in [6.45, 7) is 2.17. The summed E-state index contributed by atoms with van der Waals surface area (Å²) >= 11 is 0. The van der Waals surface area contributed by atoms with E-state index in [0.29, 0.717) is 18.1 Å². The molecule has 1 saturated carbocycles. The highest BCUT2D eigenvalue weighted by Crippen LogP contribution is 2.38. The highest BCUT2D eigenvalue weighted by Gasteiger charge is 2.35. The lowest BCUT2D eigenvalue weighted by Gasteiger charge is -2.26. The number of rotatable bonds is 8. The predicted molar refractivity (Wildman–Crippen MR) is 129 cm³/mol. The first-order chi connectivity index (χ1) is 18.7. The van der Waals surface area contributed by atoms with Gasteiger partial charge in [-0.25, -0.2) is 17.6 Å². The van der Waals surface area contributed by atoms with Crippen molar-refractivity contribution < 1.29 is 49.0 Å². The van der Waals surface area contributed by atoms with Crippen LogP contribution >= 0.6 is 0 Å². The molecule has 0 amide bonds. The van der Waals surface area contributed by atoms with Crippen LogP contribution in [0, 0.1) is 29.2 Å². The number of hydrogen-bond acceptors (Lipinski definition) is 2. The summed E-state index contributed by atoms with van der Waals surface area (Å²) in [7, 11) is 0. The average Bonchev–Trinajstić information content (AvgIpc) is 2.84. The second kappa shape index (κ2) is 11.6. The van der Waals surface area contributed by atoms with Crippen molar-refractivity contribution in [1.82, 2.24) is 0 Å². The van der Waals surface area contributed by atoms with E-state index >= 15 is 0 Å². The molecule has 0 unspecified atom stereocenters. The highest BCUT2D eigenvalue weighted by atomic mass is 19.4. The second-order valence-corrected chi connectivity index (χ2v) is 9.99. The zero-order chi connectivity index (χ0) is 29.2. The van der Waals surface area contributed by atoms with Crippen LogP contribution in [0.25, 0.3) is 11.1 Å². The Balaban J connectivity index is 1.43. The van der Waals surface area contributed by atoms with Gasteiger partial charge in [0.05, 0.1) is 6.42 Å². The minimum absolute atomic E-state index is 0.0362. The molecule has 0 atom stereocenters. The van der Waals surface area contributed by atoms with Gasteiger partial charge in [-0.1, -0.05) is 31.9 Å². The number of hydrogen-bond donors (Lipinski definition) is 0. The topological polar surface area (TPSA) is 18.5 Å². The minimum atomic E-state index is -5.19. The molecule has 0 saturated heterocycles. The van der Waals surface area contributed by atoms with Crippen LogP contribution in [0.3, 0.4) is 0 Å². The van der Waals surface area contributed by atoms with Crippen molar-refractivity contribution in [3.63, 3.8) is 0 Å². The molecule has 4 rings (SSSR count). The molecule has 3 aromatic carbocycles. The number of ether oxygens (including phenoxy) is 2. The van der Waals surface area contributed by atoms with Gasteiger partial charge < -0.3 is 9.47 Å². The predicted octanol–water partition coefficient (Wildman–Crippen LogP) is 9.71. The minimum Gasteiger partial charge on any atom is -0.432 e. The summed E-state index contributed by atoms with van der Waals surface area (Å²) in [5, 5.41) is 0. The maximum Gasteiger partial charge on any atom is 0.573 e. The molecule has 0 N–H and O–H groups in total. The molecule has 0 radical (unpaired) electrons. The van der Waals surface area contributed by atoms with Crippen LogP contribution in [-0.4, -0.2) is 12.5 Å². The van der Waals surface area contributed by atoms with Gasteiger partial charge in [0, 0.05) is 17.2 Å². The first-order valence-electron chi connectivity index (χ1n) is 12.6. The maximum absolute atomic E-state index is 14.9. The van der Waals surface area contributed by atoms with E-state index in [-0.39, 0.29) is 23.1 Å². The number of benzene rings is 3. The van der Waals surface area contributed by atoms with Crippen molar-refractivity contribution in [2.45, 2.75) is 63.8 Å². The van der Waals surface area contributed by atoms with E-state index in [9.17, 15) is 39.5 Å². The van der Waals surface area contributed by atoms with Gasteiger partial charge in [0.25, 0.3) is 0 Å². The molecule has 3 aromatic rings. The Morgan fingerprint density at radius 1 is 0.725 bits per heavy atom. The van der Waals surface area contributed by atoms with E-state index in [4.69, 9.17) is 0 Å². The third-order valence-corrected chi connectivity index (χ3v) is 6.99. The Kier molecular flexibility index (Phi) is 8.60. The highest BCUT2D eigenvalue weighted by molar-refractivity contribution is 5.65. The first-order valence-corrected chi connectivity index (χ1v) is 12.6. The summed E-state index contributed by atoms with van der Waals surface area (Å²) in [5.41, 5.74) is -0.0125. The second-order valence-electron chi connectivity index (χ2n) is 9.99. The Morgan fingerprint density at radius 2 is 1.38 bits per heavy atom. The van der Waals surface area contributed by atoms with E-state index < -0.39 is 65.6 Å². The lowest BCUT2D eigenvalue weighted by atomic mass is 9.79. The Labute approximate surface area is 224 Å². The average molecular weight is 576 g/mol. The molecule has 0 bridgehead atoms. The fraction of sp³-hybridized carbons (Fsp3) is 0.379. The Bertz CT molecular complexity index is 1320. The van der Waals surface area contributed by atoms with E-state index in [2.05, 4.69) is 16.4 Å². The molecule has 40 heavy (non-hydrogen) atoms. The van der Waals surface area contributed by atoms with Crippen LogP contribution < -0.4 is 9.47 Å². The fourth-order valence-electron chi connectivity index (χ4n) is 4.86. The molecule has 0 heterocycles. The normalized spacial score (nSPS) is 18.1. The zero-order valence-corrected chi connectivity index (χ0v) is 21.2. The largest absolute Gasteiger partial charge is 0.573 e. The standard InChI is InChI=1S/C29H25F9O2/c1-16-2-4-17(5-3-16)18-6-8-21(23(30)12-18)19-13-24(31)22(25(32)14-19)10-11-28(34,35)39-20-7-9-27(26(33)15-20)40-29(36,37)38/h6-9,12-17H,2-5,10-11H2,1H3. The van der Waals surface area contributed by atoms with Gasteiger partial charge in [0.15, 0.2) is 11.6 Å². The quantitative estimate of drug-likeness (QED) is 0.249. The third kappa shape index (κ3) is 7.42.